The molecule has 1 aromatic carbocycles. The first kappa shape index (κ1) is 15.3. The lowest BCUT2D eigenvalue weighted by Gasteiger charge is -2.07. The molecule has 0 aromatic heterocycles. The Morgan fingerprint density at radius 1 is 1.33 bits per heavy atom. The van der Waals surface area contributed by atoms with Gasteiger partial charge >= 0.3 is 0 Å². The van der Waals surface area contributed by atoms with Crippen LogP contribution < -0.4 is 4.72 Å². The van der Waals surface area contributed by atoms with Gasteiger partial charge in [-0.2, -0.15) is 0 Å². The summed E-state index contributed by atoms with van der Waals surface area (Å²) in [7, 11) is -2.43. The van der Waals surface area contributed by atoms with Gasteiger partial charge in [0.1, 0.15) is 4.90 Å². The third-order valence-electron chi connectivity index (χ3n) is 2.01. The van der Waals surface area contributed by atoms with E-state index < -0.39 is 10.0 Å². The van der Waals surface area contributed by atoms with Gasteiger partial charge in [0.25, 0.3) is 0 Å². The largest absolute Gasteiger partial charge is 0.395 e. The minimum Gasteiger partial charge on any atom is -0.395 e. The molecule has 98 valence electrons. The van der Waals surface area contributed by atoms with Gasteiger partial charge in [0.2, 0.25) is 10.0 Å². The van der Waals surface area contributed by atoms with Crippen LogP contribution in [0.25, 0.3) is 0 Å². The standard InChI is InChI=1S/C11H11Cl2NO3S/c1-14-18(16,17)11-9(12)6-8(7-10(11)13)4-2-3-5-15/h6-7,14-15H,3,5H2,1H3. The normalized spacial score (nSPS) is 10.9. The molecular weight excluding hydrogens is 297 g/mol. The topological polar surface area (TPSA) is 66.4 Å². The molecule has 7 heteroatoms. The molecule has 0 saturated heterocycles. The summed E-state index contributed by atoms with van der Waals surface area (Å²) in [5.41, 5.74) is 0.494. The van der Waals surface area contributed by atoms with E-state index in [0.29, 0.717) is 12.0 Å². The van der Waals surface area contributed by atoms with Crippen LogP contribution in [0.15, 0.2) is 17.0 Å². The molecule has 0 aliphatic heterocycles. The summed E-state index contributed by atoms with van der Waals surface area (Å²) in [6.45, 7) is -0.0410. The van der Waals surface area contributed by atoms with Crippen molar-refractivity contribution >= 4 is 33.2 Å². The molecule has 1 aromatic rings. The summed E-state index contributed by atoms with van der Waals surface area (Å²) in [6.07, 6.45) is 0.325. The summed E-state index contributed by atoms with van der Waals surface area (Å²) in [4.78, 5) is -0.166. The molecule has 0 fully saturated rings. The van der Waals surface area contributed by atoms with E-state index in [0.717, 1.165) is 0 Å². The van der Waals surface area contributed by atoms with Crippen LogP contribution >= 0.6 is 23.2 Å². The Morgan fingerprint density at radius 3 is 2.33 bits per heavy atom. The van der Waals surface area contributed by atoms with E-state index in [1.54, 1.807) is 0 Å². The van der Waals surface area contributed by atoms with Crippen molar-refractivity contribution in [3.05, 3.63) is 27.7 Å². The van der Waals surface area contributed by atoms with Gasteiger partial charge in [-0.1, -0.05) is 35.0 Å². The third kappa shape index (κ3) is 3.61. The average molecular weight is 308 g/mol. The van der Waals surface area contributed by atoms with Crippen molar-refractivity contribution in [3.8, 4) is 11.8 Å². The number of aliphatic hydroxyl groups is 1. The molecule has 0 radical (unpaired) electrons. The van der Waals surface area contributed by atoms with Gasteiger partial charge in [-0.05, 0) is 19.2 Å². The van der Waals surface area contributed by atoms with E-state index in [1.165, 1.54) is 19.2 Å². The van der Waals surface area contributed by atoms with Crippen molar-refractivity contribution in [1.29, 1.82) is 0 Å². The van der Waals surface area contributed by atoms with Crippen LogP contribution in [-0.4, -0.2) is 27.2 Å². The zero-order chi connectivity index (χ0) is 13.8. The van der Waals surface area contributed by atoms with Crippen molar-refractivity contribution in [2.24, 2.45) is 0 Å². The fourth-order valence-electron chi connectivity index (χ4n) is 1.21. The molecule has 0 aliphatic carbocycles. The van der Waals surface area contributed by atoms with Crippen molar-refractivity contribution in [2.75, 3.05) is 13.7 Å². The van der Waals surface area contributed by atoms with Gasteiger partial charge in [0, 0.05) is 12.0 Å². The lowest BCUT2D eigenvalue weighted by atomic mass is 10.2. The highest BCUT2D eigenvalue weighted by atomic mass is 35.5. The number of hydrogen-bond donors (Lipinski definition) is 2. The van der Waals surface area contributed by atoms with Crippen molar-refractivity contribution in [3.63, 3.8) is 0 Å². The third-order valence-corrected chi connectivity index (χ3v) is 4.34. The number of halogens is 2. The van der Waals surface area contributed by atoms with Crippen LogP contribution in [0.5, 0.6) is 0 Å². The van der Waals surface area contributed by atoms with Gasteiger partial charge in [0.05, 0.1) is 16.7 Å². The van der Waals surface area contributed by atoms with Crippen LogP contribution in [0.3, 0.4) is 0 Å². The van der Waals surface area contributed by atoms with E-state index >= 15 is 0 Å². The summed E-state index contributed by atoms with van der Waals surface area (Å²) in [6, 6.07) is 2.84. The maximum atomic E-state index is 11.7. The molecule has 0 aliphatic rings. The molecule has 0 saturated carbocycles. The van der Waals surface area contributed by atoms with Gasteiger partial charge in [-0.25, -0.2) is 13.1 Å². The Hall–Kier alpha value is -0.770. The van der Waals surface area contributed by atoms with E-state index in [9.17, 15) is 8.42 Å². The predicted molar refractivity (Wildman–Crippen MR) is 71.3 cm³/mol. The van der Waals surface area contributed by atoms with E-state index in [4.69, 9.17) is 28.3 Å². The molecule has 0 atom stereocenters. The number of rotatable bonds is 3. The van der Waals surface area contributed by atoms with E-state index in [-0.39, 0.29) is 21.5 Å². The highest BCUT2D eigenvalue weighted by Gasteiger charge is 2.20. The van der Waals surface area contributed by atoms with Gasteiger partial charge < -0.3 is 5.11 Å². The SMILES string of the molecule is CNS(=O)(=O)c1c(Cl)cc(C#CCCO)cc1Cl. The Labute approximate surface area is 116 Å². The summed E-state index contributed by atoms with van der Waals surface area (Å²) < 4.78 is 25.5. The molecule has 0 bridgehead atoms. The fraction of sp³-hybridized carbons (Fsp3) is 0.273. The Balaban J connectivity index is 3.27. The second-order valence-corrected chi connectivity index (χ2v) is 5.89. The first-order valence-corrected chi connectivity index (χ1v) is 7.18. The molecule has 18 heavy (non-hydrogen) atoms. The second-order valence-electron chi connectivity index (χ2n) is 3.25. The van der Waals surface area contributed by atoms with Crippen molar-refractivity contribution < 1.29 is 13.5 Å². The fourth-order valence-corrected chi connectivity index (χ4v) is 3.14. The quantitative estimate of drug-likeness (QED) is 0.834. The molecule has 0 unspecified atom stereocenters. The lowest BCUT2D eigenvalue weighted by Crippen LogP contribution is -2.19. The summed E-state index contributed by atoms with van der Waals surface area (Å²) in [5.74, 6) is 5.43. The van der Waals surface area contributed by atoms with E-state index in [1.807, 2.05) is 0 Å². The molecule has 4 nitrogen and oxygen atoms in total. The summed E-state index contributed by atoms with van der Waals surface area (Å²) >= 11 is 11.8. The maximum absolute atomic E-state index is 11.7. The smallest absolute Gasteiger partial charge is 0.243 e. The van der Waals surface area contributed by atoms with Crippen LogP contribution in [0.4, 0.5) is 0 Å². The highest BCUT2D eigenvalue weighted by Crippen LogP contribution is 2.30. The minimum absolute atomic E-state index is 0.00477. The maximum Gasteiger partial charge on any atom is 0.243 e. The van der Waals surface area contributed by atoms with E-state index in [2.05, 4.69) is 16.6 Å². The molecule has 2 N–H and O–H groups in total. The van der Waals surface area contributed by atoms with Gasteiger partial charge in [-0.15, -0.1) is 0 Å². The average Bonchev–Trinajstić information content (AvgIpc) is 2.28. The van der Waals surface area contributed by atoms with Crippen molar-refractivity contribution in [2.45, 2.75) is 11.3 Å². The number of hydrogen-bond acceptors (Lipinski definition) is 3. The number of nitrogens with one attached hydrogen (secondary N) is 1. The molecule has 1 rings (SSSR count). The number of benzene rings is 1. The molecule has 0 amide bonds. The van der Waals surface area contributed by atoms with Crippen LogP contribution in [0.1, 0.15) is 12.0 Å². The molecule has 0 heterocycles. The first-order chi connectivity index (χ1) is 8.42. The minimum atomic E-state index is -3.70. The van der Waals surface area contributed by atoms with Crippen molar-refractivity contribution in [1.82, 2.24) is 4.72 Å². The van der Waals surface area contributed by atoms with Crippen LogP contribution in [0.2, 0.25) is 10.0 Å². The van der Waals surface area contributed by atoms with Gasteiger partial charge in [-0.3, -0.25) is 0 Å². The molecule has 0 spiro atoms. The first-order valence-electron chi connectivity index (χ1n) is 4.94. The number of aliphatic hydroxyl groups excluding tert-OH is 1. The Bertz CT molecular complexity index is 579. The number of sulfonamides is 1. The zero-order valence-corrected chi connectivity index (χ0v) is 11.8. The second kappa shape index (κ2) is 6.41. The summed E-state index contributed by atoms with van der Waals surface area (Å²) in [5, 5.41) is 8.60. The monoisotopic (exact) mass is 307 g/mol. The lowest BCUT2D eigenvalue weighted by molar-refractivity contribution is 0.305. The van der Waals surface area contributed by atoms with Gasteiger partial charge in [0.15, 0.2) is 0 Å². The highest BCUT2D eigenvalue weighted by molar-refractivity contribution is 7.89. The Morgan fingerprint density at radius 2 is 1.89 bits per heavy atom. The Kier molecular flexibility index (Phi) is 5.45. The molecular formula is C11H11Cl2NO3S. The predicted octanol–water partition coefficient (Wildman–Crippen LogP) is 1.64. The van der Waals surface area contributed by atoms with Crippen LogP contribution in [0, 0.1) is 11.8 Å². The van der Waals surface area contributed by atoms with Crippen LogP contribution in [-0.2, 0) is 10.0 Å². The zero-order valence-electron chi connectivity index (χ0n) is 9.50.